The summed E-state index contributed by atoms with van der Waals surface area (Å²) in [7, 11) is 0. The van der Waals surface area contributed by atoms with Crippen LogP contribution in [0.1, 0.15) is 44.7 Å². The average Bonchev–Trinajstić information content (AvgIpc) is 3.06. The fourth-order valence-corrected chi connectivity index (χ4v) is 3.93. The molecule has 0 radical (unpaired) electrons. The van der Waals surface area contributed by atoms with Gasteiger partial charge in [-0.25, -0.2) is 4.79 Å². The molecule has 0 N–H and O–H groups in total. The van der Waals surface area contributed by atoms with Crippen LogP contribution in [-0.2, 0) is 11.3 Å². The molecule has 1 unspecified atom stereocenters. The summed E-state index contributed by atoms with van der Waals surface area (Å²) in [4.78, 5) is 19.0. The number of imidazole rings is 1. The molecule has 2 aromatic carbocycles. The van der Waals surface area contributed by atoms with Gasteiger partial charge in [0.05, 0.1) is 24.1 Å². The number of rotatable bonds is 4. The van der Waals surface area contributed by atoms with Crippen molar-refractivity contribution in [3.63, 3.8) is 0 Å². The lowest BCUT2D eigenvalue weighted by molar-refractivity contribution is 0.00626. The smallest absolute Gasteiger partial charge is 0.410 e. The van der Waals surface area contributed by atoms with Crippen molar-refractivity contribution in [2.45, 2.75) is 58.8 Å². The predicted octanol–water partition coefficient (Wildman–Crippen LogP) is 5.17. The summed E-state index contributed by atoms with van der Waals surface area (Å²) in [5, 5.41) is 0. The Morgan fingerprint density at radius 1 is 1.13 bits per heavy atom. The minimum absolute atomic E-state index is 0.117. The molecule has 1 aliphatic heterocycles. The number of likely N-dealkylation sites (tertiary alicyclic amines) is 1. The number of nitrogens with zero attached hydrogens (tertiary/aromatic N) is 3. The van der Waals surface area contributed by atoms with Crippen LogP contribution in [0.15, 0.2) is 48.5 Å². The number of para-hydroxylation sites is 2. The summed E-state index contributed by atoms with van der Waals surface area (Å²) >= 11 is 0. The topological polar surface area (TPSA) is 56.6 Å². The van der Waals surface area contributed by atoms with E-state index < -0.39 is 5.60 Å². The van der Waals surface area contributed by atoms with E-state index in [9.17, 15) is 4.79 Å². The lowest BCUT2D eigenvalue weighted by atomic mass is 10.1. The van der Waals surface area contributed by atoms with Crippen LogP contribution in [0.4, 0.5) is 4.79 Å². The lowest BCUT2D eigenvalue weighted by Gasteiger charge is -2.34. The zero-order chi connectivity index (χ0) is 22.0. The van der Waals surface area contributed by atoms with E-state index in [1.54, 1.807) is 4.90 Å². The Morgan fingerprint density at radius 3 is 2.65 bits per heavy atom. The molecule has 1 atom stereocenters. The Hall–Kier alpha value is -3.02. The van der Waals surface area contributed by atoms with Gasteiger partial charge in [0.2, 0.25) is 0 Å². The molecule has 6 nitrogen and oxygen atoms in total. The van der Waals surface area contributed by atoms with Crippen LogP contribution >= 0.6 is 0 Å². The molecular formula is C25H31N3O3. The van der Waals surface area contributed by atoms with Gasteiger partial charge in [-0.3, -0.25) is 4.57 Å². The first kappa shape index (κ1) is 21.2. The van der Waals surface area contributed by atoms with Crippen LogP contribution in [0.2, 0.25) is 0 Å². The molecule has 0 aliphatic carbocycles. The van der Waals surface area contributed by atoms with E-state index in [0.717, 1.165) is 23.9 Å². The number of aryl methyl sites for hydroxylation is 1. The summed E-state index contributed by atoms with van der Waals surface area (Å²) < 4.78 is 14.1. The predicted molar refractivity (Wildman–Crippen MR) is 121 cm³/mol. The monoisotopic (exact) mass is 421 g/mol. The van der Waals surface area contributed by atoms with Crippen molar-refractivity contribution in [1.82, 2.24) is 14.5 Å². The van der Waals surface area contributed by atoms with Crippen LogP contribution in [0.5, 0.6) is 6.01 Å². The van der Waals surface area contributed by atoms with Gasteiger partial charge in [-0.05, 0) is 63.8 Å². The number of carbonyl (C=O) groups is 1. The van der Waals surface area contributed by atoms with Gasteiger partial charge in [-0.15, -0.1) is 0 Å². The Morgan fingerprint density at radius 2 is 1.87 bits per heavy atom. The second-order valence-corrected chi connectivity index (χ2v) is 9.20. The zero-order valence-corrected chi connectivity index (χ0v) is 18.8. The van der Waals surface area contributed by atoms with E-state index in [4.69, 9.17) is 14.5 Å². The third-order valence-electron chi connectivity index (χ3n) is 5.51. The number of hydrogen-bond donors (Lipinski definition) is 0. The molecule has 164 valence electrons. The molecular weight excluding hydrogens is 390 g/mol. The van der Waals surface area contributed by atoms with Crippen molar-refractivity contribution in [3.05, 3.63) is 59.7 Å². The van der Waals surface area contributed by atoms with Gasteiger partial charge in [0.15, 0.2) is 0 Å². The van der Waals surface area contributed by atoms with Crippen LogP contribution in [0, 0.1) is 6.92 Å². The van der Waals surface area contributed by atoms with Crippen LogP contribution in [0.25, 0.3) is 11.0 Å². The number of hydrogen-bond acceptors (Lipinski definition) is 4. The molecule has 0 bridgehead atoms. The van der Waals surface area contributed by atoms with Gasteiger partial charge in [0, 0.05) is 6.54 Å². The highest BCUT2D eigenvalue weighted by molar-refractivity contribution is 5.76. The van der Waals surface area contributed by atoms with E-state index in [-0.39, 0.29) is 12.2 Å². The molecule has 4 rings (SSSR count). The van der Waals surface area contributed by atoms with E-state index >= 15 is 0 Å². The van der Waals surface area contributed by atoms with Crippen molar-refractivity contribution < 1.29 is 14.3 Å². The van der Waals surface area contributed by atoms with Gasteiger partial charge in [-0.1, -0.05) is 36.4 Å². The Balaban J connectivity index is 1.57. The highest BCUT2D eigenvalue weighted by Gasteiger charge is 2.29. The van der Waals surface area contributed by atoms with E-state index in [2.05, 4.69) is 41.8 Å². The summed E-state index contributed by atoms with van der Waals surface area (Å²) in [5.74, 6) is 0. The van der Waals surface area contributed by atoms with Crippen LogP contribution < -0.4 is 4.74 Å². The first-order chi connectivity index (χ1) is 14.8. The molecule has 2 heterocycles. The Bertz CT molecular complexity index is 1070. The van der Waals surface area contributed by atoms with Crippen molar-refractivity contribution >= 4 is 17.1 Å². The second kappa shape index (κ2) is 8.61. The minimum Gasteiger partial charge on any atom is -0.459 e. The largest absolute Gasteiger partial charge is 0.459 e. The lowest BCUT2D eigenvalue weighted by Crippen LogP contribution is -2.46. The molecule has 6 heteroatoms. The molecule has 0 saturated carbocycles. The van der Waals surface area contributed by atoms with Crippen molar-refractivity contribution in [2.24, 2.45) is 0 Å². The number of ether oxygens (including phenoxy) is 2. The SMILES string of the molecule is Cc1ccccc1Cn1c(OC2CCCN(C(=O)OC(C)(C)C)C2)nc2ccccc21. The maximum absolute atomic E-state index is 12.5. The number of aromatic nitrogens is 2. The van der Waals surface area contributed by atoms with Crippen LogP contribution in [-0.4, -0.2) is 45.3 Å². The number of carbonyl (C=O) groups excluding carboxylic acids is 1. The van der Waals surface area contributed by atoms with Gasteiger partial charge >= 0.3 is 6.09 Å². The number of benzene rings is 2. The number of amides is 1. The first-order valence-electron chi connectivity index (χ1n) is 10.9. The highest BCUT2D eigenvalue weighted by Crippen LogP contribution is 2.26. The third kappa shape index (κ3) is 5.01. The summed E-state index contributed by atoms with van der Waals surface area (Å²) in [6.45, 7) is 9.65. The Labute approximate surface area is 183 Å². The van der Waals surface area contributed by atoms with Gasteiger partial charge < -0.3 is 14.4 Å². The van der Waals surface area contributed by atoms with E-state index in [1.807, 2.05) is 39.0 Å². The van der Waals surface area contributed by atoms with Gasteiger partial charge in [0.1, 0.15) is 11.7 Å². The second-order valence-electron chi connectivity index (χ2n) is 9.20. The number of fused-ring (bicyclic) bond motifs is 1. The third-order valence-corrected chi connectivity index (χ3v) is 5.51. The van der Waals surface area contributed by atoms with Gasteiger partial charge in [-0.2, -0.15) is 4.98 Å². The number of piperidine rings is 1. The van der Waals surface area contributed by atoms with Crippen LogP contribution in [0.3, 0.4) is 0 Å². The summed E-state index contributed by atoms with van der Waals surface area (Å²) in [5.41, 5.74) is 3.91. The summed E-state index contributed by atoms with van der Waals surface area (Å²) in [6, 6.07) is 17.0. The first-order valence-corrected chi connectivity index (χ1v) is 10.9. The molecule has 1 amide bonds. The van der Waals surface area contributed by atoms with E-state index in [0.29, 0.717) is 25.6 Å². The minimum atomic E-state index is -0.508. The fourth-order valence-electron chi connectivity index (χ4n) is 3.93. The molecule has 1 fully saturated rings. The quantitative estimate of drug-likeness (QED) is 0.583. The molecule has 3 aromatic rings. The summed E-state index contributed by atoms with van der Waals surface area (Å²) in [6.07, 6.45) is 1.36. The van der Waals surface area contributed by atoms with Crippen molar-refractivity contribution in [2.75, 3.05) is 13.1 Å². The van der Waals surface area contributed by atoms with E-state index in [1.165, 1.54) is 11.1 Å². The molecule has 1 saturated heterocycles. The zero-order valence-electron chi connectivity index (χ0n) is 18.8. The maximum Gasteiger partial charge on any atom is 0.410 e. The Kier molecular flexibility index (Phi) is 5.90. The maximum atomic E-state index is 12.5. The van der Waals surface area contributed by atoms with Gasteiger partial charge in [0.25, 0.3) is 6.01 Å². The molecule has 0 spiro atoms. The van der Waals surface area contributed by atoms with Crippen molar-refractivity contribution in [3.8, 4) is 6.01 Å². The highest BCUT2D eigenvalue weighted by atomic mass is 16.6. The fraction of sp³-hybridized carbons (Fsp3) is 0.440. The van der Waals surface area contributed by atoms with Crippen molar-refractivity contribution in [1.29, 1.82) is 0 Å². The standard InChI is InChI=1S/C25H31N3O3/c1-18-10-5-6-11-19(18)16-28-22-14-8-7-13-21(22)26-23(28)30-20-12-9-15-27(17-20)24(29)31-25(2,3)4/h5-8,10-11,13-14,20H,9,12,15-17H2,1-4H3. The molecule has 31 heavy (non-hydrogen) atoms. The molecule has 1 aliphatic rings. The average molecular weight is 422 g/mol. The molecule has 1 aromatic heterocycles. The normalized spacial score (nSPS) is 17.0.